The summed E-state index contributed by atoms with van der Waals surface area (Å²) in [7, 11) is 0. The van der Waals surface area contributed by atoms with Gasteiger partial charge in [-0.1, -0.05) is 24.3 Å². The van der Waals surface area contributed by atoms with Gasteiger partial charge in [0.25, 0.3) is 0 Å². The fourth-order valence-electron chi connectivity index (χ4n) is 4.85. The third-order valence-electron chi connectivity index (χ3n) is 5.89. The van der Waals surface area contributed by atoms with Crippen LogP contribution in [-0.4, -0.2) is 15.6 Å². The molecule has 3 nitrogen and oxygen atoms in total. The smallest absolute Gasteiger partial charge is 0.0703 e. The summed E-state index contributed by atoms with van der Waals surface area (Å²) in [5, 5.41) is 6.41. The zero-order valence-corrected chi connectivity index (χ0v) is 13.9. The second kappa shape index (κ2) is 4.93. The predicted octanol–water partition coefficient (Wildman–Crippen LogP) is 4.53. The van der Waals surface area contributed by atoms with Crippen molar-refractivity contribution in [1.29, 1.82) is 0 Å². The number of hydrogen-bond donors (Lipinski definition) is 1. The average Bonchev–Trinajstić information content (AvgIpc) is 3.20. The Bertz CT molecular complexity index is 1120. The summed E-state index contributed by atoms with van der Waals surface area (Å²) < 4.78 is 2.49. The molecule has 2 aromatic carbocycles. The fourth-order valence-corrected chi connectivity index (χ4v) is 4.85. The van der Waals surface area contributed by atoms with Crippen molar-refractivity contribution >= 4 is 21.8 Å². The number of aromatic nitrogens is 2. The van der Waals surface area contributed by atoms with E-state index in [0.29, 0.717) is 12.1 Å². The van der Waals surface area contributed by atoms with Crippen LogP contribution in [0, 0.1) is 0 Å². The van der Waals surface area contributed by atoms with Crippen LogP contribution < -0.4 is 5.32 Å². The Hall–Kier alpha value is -2.65. The van der Waals surface area contributed by atoms with Crippen LogP contribution >= 0.6 is 0 Å². The Morgan fingerprint density at radius 3 is 2.96 bits per heavy atom. The van der Waals surface area contributed by atoms with Crippen molar-refractivity contribution in [2.24, 2.45) is 0 Å². The maximum Gasteiger partial charge on any atom is 0.0703 e. The zero-order valence-electron chi connectivity index (χ0n) is 13.9. The lowest BCUT2D eigenvalue weighted by atomic mass is 9.99. The van der Waals surface area contributed by atoms with E-state index in [1.165, 1.54) is 46.1 Å². The van der Waals surface area contributed by atoms with Crippen LogP contribution in [0.1, 0.15) is 30.1 Å². The molecule has 0 aliphatic carbocycles. The molecule has 3 heteroatoms. The highest BCUT2D eigenvalue weighted by Crippen LogP contribution is 2.43. The van der Waals surface area contributed by atoms with Crippen molar-refractivity contribution < 1.29 is 0 Å². The van der Waals surface area contributed by atoms with Gasteiger partial charge in [0.2, 0.25) is 0 Å². The summed E-state index contributed by atoms with van der Waals surface area (Å²) in [4.78, 5) is 4.47. The lowest BCUT2D eigenvalue weighted by molar-refractivity contribution is 0.508. The molecule has 1 fully saturated rings. The van der Waals surface area contributed by atoms with E-state index in [4.69, 9.17) is 0 Å². The van der Waals surface area contributed by atoms with Crippen LogP contribution in [0.2, 0.25) is 0 Å². The molecule has 2 atom stereocenters. The molecule has 2 aliphatic rings. The summed E-state index contributed by atoms with van der Waals surface area (Å²) in [6.07, 6.45) is 5.52. The van der Waals surface area contributed by atoms with E-state index in [1.54, 1.807) is 0 Å². The molecule has 6 rings (SSSR count). The van der Waals surface area contributed by atoms with Crippen molar-refractivity contribution in [3.05, 3.63) is 72.1 Å². The van der Waals surface area contributed by atoms with Gasteiger partial charge >= 0.3 is 0 Å². The quantitative estimate of drug-likeness (QED) is 0.557. The Balaban J connectivity index is 1.68. The summed E-state index contributed by atoms with van der Waals surface area (Å²) in [6.45, 7) is 0. The molecule has 0 unspecified atom stereocenters. The number of hydrogen-bond acceptors (Lipinski definition) is 2. The molecule has 0 amide bonds. The molecular weight excluding hydrogens is 306 g/mol. The maximum absolute atomic E-state index is 4.47. The van der Waals surface area contributed by atoms with Crippen LogP contribution in [0.15, 0.2) is 60.8 Å². The standard InChI is InChI=1S/C22H19N3/c1-2-6-20-17(5-1)22-19-9-7-15(24-19)13-21(22)25(20)16-8-10-18-14(12-16)4-3-11-23-18/h1-6,8,10-12,15,19,24H,7,9,13H2/t15-,19+/m1/s1. The van der Waals surface area contributed by atoms with E-state index in [0.717, 1.165) is 11.9 Å². The maximum atomic E-state index is 4.47. The fraction of sp³-hybridized carbons (Fsp3) is 0.227. The van der Waals surface area contributed by atoms with Crippen LogP contribution in [0.5, 0.6) is 0 Å². The van der Waals surface area contributed by atoms with Gasteiger partial charge in [-0.3, -0.25) is 4.98 Å². The predicted molar refractivity (Wildman–Crippen MR) is 101 cm³/mol. The molecule has 0 spiro atoms. The number of rotatable bonds is 1. The largest absolute Gasteiger partial charge is 0.313 e. The van der Waals surface area contributed by atoms with Crippen LogP contribution in [0.25, 0.3) is 27.5 Å². The number of fused-ring (bicyclic) bond motifs is 7. The number of para-hydroxylation sites is 1. The number of benzene rings is 2. The van der Waals surface area contributed by atoms with Crippen molar-refractivity contribution in [2.45, 2.75) is 31.3 Å². The summed E-state index contributed by atoms with van der Waals surface area (Å²) in [6, 6.07) is 20.8. The summed E-state index contributed by atoms with van der Waals surface area (Å²) in [5.74, 6) is 0. The molecule has 0 saturated carbocycles. The third kappa shape index (κ3) is 1.87. The minimum absolute atomic E-state index is 0.516. The monoisotopic (exact) mass is 325 g/mol. The van der Waals surface area contributed by atoms with Crippen molar-refractivity contribution in [3.8, 4) is 5.69 Å². The van der Waals surface area contributed by atoms with E-state index in [1.807, 2.05) is 12.3 Å². The first-order chi connectivity index (χ1) is 12.4. The highest BCUT2D eigenvalue weighted by atomic mass is 15.1. The van der Waals surface area contributed by atoms with Crippen LogP contribution in [0.3, 0.4) is 0 Å². The first-order valence-electron chi connectivity index (χ1n) is 9.12. The summed E-state index contributed by atoms with van der Waals surface area (Å²) in [5.41, 5.74) is 6.65. The van der Waals surface area contributed by atoms with Gasteiger partial charge in [-0.15, -0.1) is 0 Å². The van der Waals surface area contributed by atoms with Gasteiger partial charge < -0.3 is 9.88 Å². The minimum Gasteiger partial charge on any atom is -0.313 e. The van der Waals surface area contributed by atoms with Crippen molar-refractivity contribution in [1.82, 2.24) is 14.9 Å². The van der Waals surface area contributed by atoms with Gasteiger partial charge in [0.15, 0.2) is 0 Å². The molecule has 2 aromatic heterocycles. The highest BCUT2D eigenvalue weighted by molar-refractivity contribution is 5.89. The molecule has 2 aliphatic heterocycles. The molecule has 1 N–H and O–H groups in total. The van der Waals surface area contributed by atoms with Crippen molar-refractivity contribution in [2.75, 3.05) is 0 Å². The molecule has 0 radical (unpaired) electrons. The molecule has 122 valence electrons. The molecule has 2 bridgehead atoms. The third-order valence-corrected chi connectivity index (χ3v) is 5.89. The minimum atomic E-state index is 0.516. The van der Waals surface area contributed by atoms with E-state index in [9.17, 15) is 0 Å². The van der Waals surface area contributed by atoms with Gasteiger partial charge in [-0.25, -0.2) is 0 Å². The van der Waals surface area contributed by atoms with Crippen LogP contribution in [-0.2, 0) is 6.42 Å². The van der Waals surface area contributed by atoms with Gasteiger partial charge in [0, 0.05) is 46.9 Å². The molecule has 1 saturated heterocycles. The van der Waals surface area contributed by atoms with E-state index < -0.39 is 0 Å². The second-order valence-corrected chi connectivity index (χ2v) is 7.29. The van der Waals surface area contributed by atoms with Gasteiger partial charge in [0.1, 0.15) is 0 Å². The number of nitrogens with zero attached hydrogens (tertiary/aromatic N) is 2. The molecule has 4 aromatic rings. The van der Waals surface area contributed by atoms with Gasteiger partial charge in [-0.05, 0) is 48.7 Å². The first-order valence-corrected chi connectivity index (χ1v) is 9.12. The Kier molecular flexibility index (Phi) is 2.69. The Morgan fingerprint density at radius 1 is 1.00 bits per heavy atom. The Labute approximate surface area is 146 Å². The first kappa shape index (κ1) is 13.6. The average molecular weight is 325 g/mol. The van der Waals surface area contributed by atoms with E-state index in [2.05, 4.69) is 63.4 Å². The molecule has 25 heavy (non-hydrogen) atoms. The van der Waals surface area contributed by atoms with E-state index >= 15 is 0 Å². The topological polar surface area (TPSA) is 29.9 Å². The normalized spacial score (nSPS) is 21.8. The molecule has 4 heterocycles. The number of nitrogens with one attached hydrogen (secondary N) is 1. The van der Waals surface area contributed by atoms with Gasteiger partial charge in [-0.2, -0.15) is 0 Å². The van der Waals surface area contributed by atoms with Crippen molar-refractivity contribution in [3.63, 3.8) is 0 Å². The number of pyridine rings is 1. The highest BCUT2D eigenvalue weighted by Gasteiger charge is 2.36. The lowest BCUT2D eigenvalue weighted by Crippen LogP contribution is -2.32. The SMILES string of the molecule is c1cnc2ccc(-n3c4c(c5ccccc53)[C@@H]3CC[C@H](C4)N3)cc2c1. The zero-order chi connectivity index (χ0) is 16.4. The van der Waals surface area contributed by atoms with Gasteiger partial charge in [0.05, 0.1) is 11.0 Å². The lowest BCUT2D eigenvalue weighted by Gasteiger charge is -2.24. The molecular formula is C22H19N3. The van der Waals surface area contributed by atoms with Crippen LogP contribution in [0.4, 0.5) is 0 Å². The Morgan fingerprint density at radius 2 is 1.96 bits per heavy atom. The summed E-state index contributed by atoms with van der Waals surface area (Å²) >= 11 is 0. The van der Waals surface area contributed by atoms with E-state index in [-0.39, 0.29) is 0 Å². The second-order valence-electron chi connectivity index (χ2n) is 7.29.